The molecule has 3 N–H and O–H groups in total. The van der Waals surface area contributed by atoms with Gasteiger partial charge in [0.1, 0.15) is 5.82 Å². The van der Waals surface area contributed by atoms with Gasteiger partial charge in [-0.05, 0) is 48.2 Å². The van der Waals surface area contributed by atoms with Crippen LogP contribution in [0.1, 0.15) is 43.2 Å². The van der Waals surface area contributed by atoms with Gasteiger partial charge >= 0.3 is 0 Å². The zero-order chi connectivity index (χ0) is 20.5. The van der Waals surface area contributed by atoms with E-state index in [9.17, 15) is 9.18 Å². The van der Waals surface area contributed by atoms with E-state index in [0.29, 0.717) is 19.0 Å². The maximum Gasteiger partial charge on any atom is 0.227 e. The normalized spacial score (nSPS) is 15.0. The van der Waals surface area contributed by atoms with E-state index in [0.717, 1.165) is 42.5 Å². The second-order valence-electron chi connectivity index (χ2n) is 7.43. The van der Waals surface area contributed by atoms with Crippen molar-refractivity contribution >= 4 is 17.6 Å². The summed E-state index contributed by atoms with van der Waals surface area (Å²) in [6, 6.07) is 14.2. The van der Waals surface area contributed by atoms with Crippen LogP contribution in [0, 0.1) is 11.7 Å². The molecule has 5 nitrogen and oxygen atoms in total. The van der Waals surface area contributed by atoms with Gasteiger partial charge in [-0.2, -0.15) is 0 Å². The number of nitrogens with one attached hydrogen (secondary N) is 3. The zero-order valence-electron chi connectivity index (χ0n) is 16.9. The second kappa shape index (κ2) is 10.6. The number of guanidine groups is 1. The number of amides is 1. The number of carbonyl (C=O) groups excluding carboxylic acids is 1. The minimum Gasteiger partial charge on any atom is -0.352 e. The summed E-state index contributed by atoms with van der Waals surface area (Å²) >= 11 is 0. The molecule has 0 aliphatic heterocycles. The number of rotatable bonds is 6. The van der Waals surface area contributed by atoms with Crippen LogP contribution in [0.15, 0.2) is 53.5 Å². The van der Waals surface area contributed by atoms with Crippen molar-refractivity contribution < 1.29 is 9.18 Å². The lowest BCUT2D eigenvalue weighted by molar-refractivity contribution is -0.120. The molecule has 29 heavy (non-hydrogen) atoms. The smallest absolute Gasteiger partial charge is 0.227 e. The first-order valence-corrected chi connectivity index (χ1v) is 10.2. The third-order valence-electron chi connectivity index (χ3n) is 5.23. The summed E-state index contributed by atoms with van der Waals surface area (Å²) in [6.07, 6.45) is 5.51. The van der Waals surface area contributed by atoms with Crippen molar-refractivity contribution in [1.29, 1.82) is 0 Å². The van der Waals surface area contributed by atoms with Crippen LogP contribution in [0.2, 0.25) is 0 Å². The highest BCUT2D eigenvalue weighted by Gasteiger charge is 2.21. The number of anilines is 1. The Morgan fingerprint density at radius 3 is 2.38 bits per heavy atom. The fraction of sp³-hybridized carbons (Fsp3) is 0.391. The van der Waals surface area contributed by atoms with Crippen molar-refractivity contribution in [3.63, 3.8) is 0 Å². The molecular weight excluding hydrogens is 367 g/mol. The van der Waals surface area contributed by atoms with Gasteiger partial charge in [0.2, 0.25) is 5.91 Å². The highest BCUT2D eigenvalue weighted by Crippen LogP contribution is 2.25. The van der Waals surface area contributed by atoms with Gasteiger partial charge < -0.3 is 16.0 Å². The molecule has 1 fully saturated rings. The lowest BCUT2D eigenvalue weighted by Crippen LogP contribution is -2.36. The molecule has 1 amide bonds. The Labute approximate surface area is 171 Å². The van der Waals surface area contributed by atoms with E-state index in [1.807, 2.05) is 24.3 Å². The number of hydrogen-bond acceptors (Lipinski definition) is 2. The quantitative estimate of drug-likeness (QED) is 0.506. The molecule has 2 aromatic rings. The first-order chi connectivity index (χ1) is 14.1. The monoisotopic (exact) mass is 396 g/mol. The molecule has 1 saturated carbocycles. The van der Waals surface area contributed by atoms with Crippen molar-refractivity contribution in [2.75, 3.05) is 12.4 Å². The van der Waals surface area contributed by atoms with E-state index in [-0.39, 0.29) is 17.6 Å². The summed E-state index contributed by atoms with van der Waals surface area (Å²) in [4.78, 5) is 16.7. The molecule has 0 saturated heterocycles. The third kappa shape index (κ3) is 6.59. The number of hydrogen-bond donors (Lipinski definition) is 3. The Kier molecular flexibility index (Phi) is 7.61. The Balaban J connectivity index is 1.49. The molecule has 6 heteroatoms. The molecule has 3 rings (SSSR count). The van der Waals surface area contributed by atoms with Crippen LogP contribution < -0.4 is 16.0 Å². The molecule has 1 aliphatic carbocycles. The highest BCUT2D eigenvalue weighted by molar-refractivity contribution is 5.92. The lowest BCUT2D eigenvalue weighted by atomic mass is 9.88. The average molecular weight is 397 g/mol. The molecule has 0 aromatic heterocycles. The van der Waals surface area contributed by atoms with Crippen LogP contribution in [0.25, 0.3) is 0 Å². The number of benzene rings is 2. The molecule has 0 spiro atoms. The van der Waals surface area contributed by atoms with Gasteiger partial charge in [0.15, 0.2) is 5.96 Å². The molecule has 0 bridgehead atoms. The molecular formula is C23H29FN4O. The summed E-state index contributed by atoms with van der Waals surface area (Å²) in [5.74, 6) is 0.685. The van der Waals surface area contributed by atoms with Crippen LogP contribution in [0.5, 0.6) is 0 Å². The maximum atomic E-state index is 13.0. The van der Waals surface area contributed by atoms with Crippen molar-refractivity contribution in [2.45, 2.75) is 45.2 Å². The fourth-order valence-corrected chi connectivity index (χ4v) is 3.56. The highest BCUT2D eigenvalue weighted by atomic mass is 19.1. The Morgan fingerprint density at radius 2 is 1.69 bits per heavy atom. The van der Waals surface area contributed by atoms with Gasteiger partial charge in [0.05, 0.1) is 0 Å². The topological polar surface area (TPSA) is 65.5 Å². The van der Waals surface area contributed by atoms with E-state index in [2.05, 4.69) is 20.9 Å². The van der Waals surface area contributed by atoms with Crippen molar-refractivity contribution in [3.8, 4) is 0 Å². The maximum absolute atomic E-state index is 13.0. The predicted octanol–water partition coefficient (Wildman–Crippen LogP) is 4.21. The van der Waals surface area contributed by atoms with Crippen molar-refractivity contribution in [1.82, 2.24) is 10.6 Å². The minimum atomic E-state index is -0.244. The molecule has 0 unspecified atom stereocenters. The Hall–Kier alpha value is -2.89. The summed E-state index contributed by atoms with van der Waals surface area (Å²) < 4.78 is 13.0. The first kappa shape index (κ1) is 20.8. The van der Waals surface area contributed by atoms with E-state index in [4.69, 9.17) is 0 Å². The van der Waals surface area contributed by atoms with Crippen LogP contribution in [-0.4, -0.2) is 18.9 Å². The van der Waals surface area contributed by atoms with Crippen molar-refractivity contribution in [3.05, 3.63) is 65.5 Å². The van der Waals surface area contributed by atoms with Gasteiger partial charge in [-0.25, -0.2) is 4.39 Å². The number of nitrogens with zero attached hydrogens (tertiary/aromatic N) is 1. The summed E-state index contributed by atoms with van der Waals surface area (Å²) in [5, 5.41) is 9.54. The van der Waals surface area contributed by atoms with Crippen LogP contribution >= 0.6 is 0 Å². The number of carbonyl (C=O) groups is 1. The molecule has 0 atom stereocenters. The summed E-state index contributed by atoms with van der Waals surface area (Å²) in [6.45, 7) is 1.13. The standard InChI is InChI=1S/C23H29FN4O/c1-25-23(26-15-17-10-12-20(24)13-11-17)27-16-18-6-5-9-21(14-18)28-22(29)19-7-3-2-4-8-19/h5-6,9-14,19H,2-4,7-8,15-16H2,1H3,(H,28,29)(H2,25,26,27). The lowest BCUT2D eigenvalue weighted by Gasteiger charge is -2.21. The van der Waals surface area contributed by atoms with Crippen LogP contribution in [0.3, 0.4) is 0 Å². The van der Waals surface area contributed by atoms with Gasteiger partial charge in [-0.15, -0.1) is 0 Å². The van der Waals surface area contributed by atoms with E-state index in [1.54, 1.807) is 19.2 Å². The summed E-state index contributed by atoms with van der Waals surface area (Å²) in [7, 11) is 1.71. The van der Waals surface area contributed by atoms with Gasteiger partial charge in [0.25, 0.3) is 0 Å². The van der Waals surface area contributed by atoms with E-state index >= 15 is 0 Å². The number of aliphatic imine (C=N–C) groups is 1. The van der Waals surface area contributed by atoms with Crippen LogP contribution in [-0.2, 0) is 17.9 Å². The second-order valence-corrected chi connectivity index (χ2v) is 7.43. The fourth-order valence-electron chi connectivity index (χ4n) is 3.56. The molecule has 0 radical (unpaired) electrons. The molecule has 1 aliphatic rings. The Morgan fingerprint density at radius 1 is 1.00 bits per heavy atom. The first-order valence-electron chi connectivity index (χ1n) is 10.2. The molecule has 2 aromatic carbocycles. The third-order valence-corrected chi connectivity index (χ3v) is 5.23. The van der Waals surface area contributed by atoms with Crippen molar-refractivity contribution in [2.24, 2.45) is 10.9 Å². The van der Waals surface area contributed by atoms with E-state index in [1.165, 1.54) is 18.6 Å². The van der Waals surface area contributed by atoms with E-state index < -0.39 is 0 Å². The largest absolute Gasteiger partial charge is 0.352 e. The molecule has 0 heterocycles. The zero-order valence-corrected chi connectivity index (χ0v) is 16.9. The average Bonchev–Trinajstić information content (AvgIpc) is 2.76. The Bertz CT molecular complexity index is 829. The molecule has 154 valence electrons. The van der Waals surface area contributed by atoms with Gasteiger partial charge in [0, 0.05) is 31.7 Å². The predicted molar refractivity (Wildman–Crippen MR) is 115 cm³/mol. The summed E-state index contributed by atoms with van der Waals surface area (Å²) in [5.41, 5.74) is 2.85. The van der Waals surface area contributed by atoms with Gasteiger partial charge in [-0.1, -0.05) is 43.5 Å². The van der Waals surface area contributed by atoms with Gasteiger partial charge in [-0.3, -0.25) is 9.79 Å². The number of halogens is 1. The minimum absolute atomic E-state index is 0.131. The SMILES string of the molecule is CN=C(NCc1ccc(F)cc1)NCc1cccc(NC(=O)C2CCCCC2)c1. The van der Waals surface area contributed by atoms with Crippen LogP contribution in [0.4, 0.5) is 10.1 Å².